The minimum Gasteiger partial charge on any atom is -0.478 e. The Kier molecular flexibility index (Phi) is 2.63. The van der Waals surface area contributed by atoms with Crippen LogP contribution in [0.25, 0.3) is 10.9 Å². The van der Waals surface area contributed by atoms with Gasteiger partial charge in [0.05, 0.1) is 5.56 Å². The molecular weight excluding hydrogens is 240 g/mol. The lowest BCUT2D eigenvalue weighted by Crippen LogP contribution is -2.00. The van der Waals surface area contributed by atoms with Crippen LogP contribution in [-0.4, -0.2) is 21.0 Å². The number of fused-ring (bicyclic) bond motifs is 1. The topological polar surface area (TPSA) is 68.9 Å². The Morgan fingerprint density at radius 2 is 2.11 bits per heavy atom. The van der Waals surface area contributed by atoms with Crippen molar-refractivity contribution in [3.8, 4) is 0 Å². The number of aromatic nitrogens is 2. The third-order valence-corrected chi connectivity index (χ3v) is 3.44. The van der Waals surface area contributed by atoms with Crippen LogP contribution in [0.3, 0.4) is 0 Å². The zero-order valence-electron chi connectivity index (χ0n) is 10.5. The van der Waals surface area contributed by atoms with Gasteiger partial charge >= 0.3 is 5.97 Å². The number of carboxylic acid groups (broad SMARTS) is 1. The normalized spacial score (nSPS) is 11.0. The highest BCUT2D eigenvalue weighted by molar-refractivity contribution is 5.90. The number of aromatic carboxylic acids is 1. The molecule has 0 atom stereocenters. The summed E-state index contributed by atoms with van der Waals surface area (Å²) in [6.07, 6.45) is 4.20. The molecule has 0 spiro atoms. The van der Waals surface area contributed by atoms with Gasteiger partial charge in [-0.3, -0.25) is 0 Å². The Morgan fingerprint density at radius 3 is 2.89 bits per heavy atom. The number of hydrogen-bond donors (Lipinski definition) is 3. The molecule has 0 aliphatic heterocycles. The predicted octanol–water partition coefficient (Wildman–Crippen LogP) is 3.09. The summed E-state index contributed by atoms with van der Waals surface area (Å²) in [5.74, 6) is -0.896. The van der Waals surface area contributed by atoms with Gasteiger partial charge in [0.15, 0.2) is 0 Å². The van der Waals surface area contributed by atoms with Gasteiger partial charge < -0.3 is 15.1 Å². The Morgan fingerprint density at radius 1 is 1.26 bits per heavy atom. The first-order valence-electron chi connectivity index (χ1n) is 6.12. The van der Waals surface area contributed by atoms with Gasteiger partial charge in [-0.2, -0.15) is 0 Å². The molecule has 0 radical (unpaired) electrons. The fraction of sp³-hybridized carbons (Fsp3) is 0.133. The van der Waals surface area contributed by atoms with E-state index in [4.69, 9.17) is 5.11 Å². The van der Waals surface area contributed by atoms with Crippen molar-refractivity contribution in [1.82, 2.24) is 9.97 Å². The van der Waals surface area contributed by atoms with Gasteiger partial charge in [-0.1, -0.05) is 18.2 Å². The molecule has 4 heteroatoms. The highest BCUT2D eigenvalue weighted by Crippen LogP contribution is 2.24. The highest BCUT2D eigenvalue weighted by atomic mass is 16.4. The van der Waals surface area contributed by atoms with Crippen molar-refractivity contribution in [2.75, 3.05) is 0 Å². The number of rotatable bonds is 3. The number of benzene rings is 1. The molecule has 3 aromatic rings. The standard InChI is InChI=1S/C15H14N2O2/c1-9-3-2-4-11-10(8-17-14(9)11)7-13-12(15(18)19)5-6-16-13/h2-6,8,16-17H,7H2,1H3,(H,18,19). The van der Waals surface area contributed by atoms with E-state index in [2.05, 4.69) is 29.0 Å². The fourth-order valence-corrected chi connectivity index (χ4v) is 2.45. The van der Waals surface area contributed by atoms with Crippen molar-refractivity contribution >= 4 is 16.9 Å². The minimum absolute atomic E-state index is 0.335. The van der Waals surface area contributed by atoms with Crippen LogP contribution in [0.2, 0.25) is 0 Å². The molecule has 2 aromatic heterocycles. The van der Waals surface area contributed by atoms with E-state index in [1.54, 1.807) is 12.3 Å². The fourth-order valence-electron chi connectivity index (χ4n) is 2.45. The second kappa shape index (κ2) is 4.31. The third-order valence-electron chi connectivity index (χ3n) is 3.44. The van der Waals surface area contributed by atoms with Crippen LogP contribution in [-0.2, 0) is 6.42 Å². The number of carboxylic acids is 1. The summed E-state index contributed by atoms with van der Waals surface area (Å²) in [5.41, 5.74) is 4.47. The highest BCUT2D eigenvalue weighted by Gasteiger charge is 2.13. The van der Waals surface area contributed by atoms with Gasteiger partial charge in [-0.05, 0) is 24.1 Å². The van der Waals surface area contributed by atoms with E-state index in [1.165, 1.54) is 5.56 Å². The molecule has 1 aromatic carbocycles. The first-order chi connectivity index (χ1) is 9.16. The van der Waals surface area contributed by atoms with Crippen molar-refractivity contribution in [2.24, 2.45) is 0 Å². The van der Waals surface area contributed by atoms with E-state index in [9.17, 15) is 4.79 Å². The summed E-state index contributed by atoms with van der Waals surface area (Å²) in [7, 11) is 0. The van der Waals surface area contributed by atoms with Gasteiger partial charge in [0, 0.05) is 35.4 Å². The quantitative estimate of drug-likeness (QED) is 0.672. The molecule has 0 amide bonds. The zero-order valence-corrected chi connectivity index (χ0v) is 10.5. The van der Waals surface area contributed by atoms with Crippen LogP contribution in [0.15, 0.2) is 36.7 Å². The molecule has 19 heavy (non-hydrogen) atoms. The van der Waals surface area contributed by atoms with E-state index < -0.39 is 5.97 Å². The van der Waals surface area contributed by atoms with Gasteiger partial charge in [-0.25, -0.2) is 4.79 Å². The van der Waals surface area contributed by atoms with Crippen molar-refractivity contribution < 1.29 is 9.90 Å². The summed E-state index contributed by atoms with van der Waals surface area (Å²) in [4.78, 5) is 17.4. The van der Waals surface area contributed by atoms with Crippen LogP contribution in [0.4, 0.5) is 0 Å². The Balaban J connectivity index is 2.04. The van der Waals surface area contributed by atoms with Gasteiger partial charge in [0.2, 0.25) is 0 Å². The van der Waals surface area contributed by atoms with Crippen LogP contribution < -0.4 is 0 Å². The van der Waals surface area contributed by atoms with Crippen LogP contribution >= 0.6 is 0 Å². The molecule has 0 bridgehead atoms. The van der Waals surface area contributed by atoms with E-state index >= 15 is 0 Å². The number of aryl methyl sites for hydroxylation is 1. The zero-order chi connectivity index (χ0) is 13.4. The summed E-state index contributed by atoms with van der Waals surface area (Å²) in [6.45, 7) is 2.06. The van der Waals surface area contributed by atoms with Crippen LogP contribution in [0, 0.1) is 6.92 Å². The molecule has 0 unspecified atom stereocenters. The smallest absolute Gasteiger partial charge is 0.337 e. The largest absolute Gasteiger partial charge is 0.478 e. The molecule has 4 nitrogen and oxygen atoms in total. The summed E-state index contributed by atoms with van der Waals surface area (Å²) >= 11 is 0. The predicted molar refractivity (Wildman–Crippen MR) is 73.6 cm³/mol. The second-order valence-corrected chi connectivity index (χ2v) is 4.66. The lowest BCUT2D eigenvalue weighted by molar-refractivity contribution is 0.0696. The molecule has 3 N–H and O–H groups in total. The Hall–Kier alpha value is -2.49. The summed E-state index contributed by atoms with van der Waals surface area (Å²) in [6, 6.07) is 7.72. The molecule has 0 saturated heterocycles. The number of carbonyl (C=O) groups is 1. The maximum atomic E-state index is 11.1. The minimum atomic E-state index is -0.896. The number of hydrogen-bond acceptors (Lipinski definition) is 1. The van der Waals surface area contributed by atoms with Gasteiger partial charge in [0.1, 0.15) is 0 Å². The first-order valence-corrected chi connectivity index (χ1v) is 6.12. The molecule has 3 rings (SSSR count). The molecule has 0 aliphatic carbocycles. The van der Waals surface area contributed by atoms with Gasteiger partial charge in [0.25, 0.3) is 0 Å². The number of aromatic amines is 2. The van der Waals surface area contributed by atoms with E-state index in [0.29, 0.717) is 12.0 Å². The molecular formula is C15H14N2O2. The lowest BCUT2D eigenvalue weighted by atomic mass is 10.0. The SMILES string of the molecule is Cc1cccc2c(Cc3[nH]ccc3C(=O)O)c[nH]c12. The average Bonchev–Trinajstić information content (AvgIpc) is 2.98. The Labute approximate surface area is 110 Å². The van der Waals surface area contributed by atoms with E-state index in [-0.39, 0.29) is 0 Å². The molecule has 0 aliphatic rings. The van der Waals surface area contributed by atoms with Crippen LogP contribution in [0.5, 0.6) is 0 Å². The molecule has 0 saturated carbocycles. The second-order valence-electron chi connectivity index (χ2n) is 4.66. The van der Waals surface area contributed by atoms with Crippen molar-refractivity contribution in [2.45, 2.75) is 13.3 Å². The van der Waals surface area contributed by atoms with E-state index in [1.807, 2.05) is 12.3 Å². The van der Waals surface area contributed by atoms with Crippen molar-refractivity contribution in [3.05, 3.63) is 59.0 Å². The number of nitrogens with one attached hydrogen (secondary N) is 2. The van der Waals surface area contributed by atoms with Crippen molar-refractivity contribution in [1.29, 1.82) is 0 Å². The Bertz CT molecular complexity index is 752. The maximum absolute atomic E-state index is 11.1. The monoisotopic (exact) mass is 254 g/mol. The summed E-state index contributed by atoms with van der Waals surface area (Å²) < 4.78 is 0. The number of para-hydroxylation sites is 1. The lowest BCUT2D eigenvalue weighted by Gasteiger charge is -2.01. The van der Waals surface area contributed by atoms with Crippen molar-refractivity contribution in [3.63, 3.8) is 0 Å². The number of H-pyrrole nitrogens is 2. The third kappa shape index (κ3) is 1.91. The van der Waals surface area contributed by atoms with Gasteiger partial charge in [-0.15, -0.1) is 0 Å². The molecule has 0 fully saturated rings. The van der Waals surface area contributed by atoms with E-state index in [0.717, 1.165) is 22.2 Å². The van der Waals surface area contributed by atoms with Crippen LogP contribution in [0.1, 0.15) is 27.2 Å². The average molecular weight is 254 g/mol. The molecule has 2 heterocycles. The summed E-state index contributed by atoms with van der Waals surface area (Å²) in [5, 5.41) is 10.3. The maximum Gasteiger partial charge on any atom is 0.337 e. The first kappa shape index (κ1) is 11.6. The molecule has 96 valence electrons.